The second-order valence-electron chi connectivity index (χ2n) is 4.79. The highest BCUT2D eigenvalue weighted by Gasteiger charge is 2.07. The minimum atomic E-state index is 0.596. The molecule has 0 amide bonds. The maximum absolute atomic E-state index is 5.68. The van der Waals surface area contributed by atoms with Gasteiger partial charge in [0.25, 0.3) is 0 Å². The Morgan fingerprint density at radius 1 is 1.00 bits per heavy atom. The first-order chi connectivity index (χ1) is 10.8. The fourth-order valence-electron chi connectivity index (χ4n) is 2.18. The van der Waals surface area contributed by atoms with E-state index < -0.39 is 0 Å². The highest BCUT2D eigenvalue weighted by atomic mass is 32.2. The van der Waals surface area contributed by atoms with Crippen molar-refractivity contribution < 1.29 is 4.74 Å². The first-order valence-electron chi connectivity index (χ1n) is 6.99. The zero-order valence-electron chi connectivity index (χ0n) is 12.3. The van der Waals surface area contributed by atoms with Crippen molar-refractivity contribution in [3.63, 3.8) is 0 Å². The van der Waals surface area contributed by atoms with Crippen LogP contribution in [0.15, 0.2) is 69.8 Å². The zero-order chi connectivity index (χ0) is 15.4. The molecule has 1 heterocycles. The van der Waals surface area contributed by atoms with E-state index >= 15 is 0 Å². The summed E-state index contributed by atoms with van der Waals surface area (Å²) in [4.78, 5) is 2.37. The Morgan fingerprint density at radius 2 is 1.82 bits per heavy atom. The molecule has 2 nitrogen and oxygen atoms in total. The van der Waals surface area contributed by atoms with Crippen LogP contribution in [0.1, 0.15) is 4.88 Å². The summed E-state index contributed by atoms with van der Waals surface area (Å²) in [6, 6.07) is 20.9. The van der Waals surface area contributed by atoms with Gasteiger partial charge >= 0.3 is 0 Å². The summed E-state index contributed by atoms with van der Waals surface area (Å²) in [6.45, 7) is 0.596. The maximum Gasteiger partial charge on any atom is 0.120 e. The van der Waals surface area contributed by atoms with Gasteiger partial charge in [0.1, 0.15) is 5.75 Å². The second-order valence-corrected chi connectivity index (χ2v) is 7.33. The van der Waals surface area contributed by atoms with Crippen LogP contribution in [-0.2, 0) is 6.54 Å². The van der Waals surface area contributed by atoms with Gasteiger partial charge in [-0.25, -0.2) is 0 Å². The first kappa shape index (κ1) is 15.2. The van der Waals surface area contributed by atoms with Gasteiger partial charge in [-0.15, -0.1) is 11.3 Å². The highest BCUT2D eigenvalue weighted by molar-refractivity contribution is 8.01. The molecule has 112 valence electrons. The summed E-state index contributed by atoms with van der Waals surface area (Å²) in [5, 5.41) is 0. The van der Waals surface area contributed by atoms with E-state index in [4.69, 9.17) is 10.5 Å². The largest absolute Gasteiger partial charge is 0.497 e. The Hall–Kier alpha value is -1.75. The van der Waals surface area contributed by atoms with E-state index in [1.807, 2.05) is 6.07 Å². The molecule has 0 saturated heterocycles. The Balaban J connectivity index is 1.93. The van der Waals surface area contributed by atoms with Crippen molar-refractivity contribution in [2.24, 2.45) is 5.73 Å². The molecule has 3 aromatic rings. The Labute approximate surface area is 138 Å². The monoisotopic (exact) mass is 327 g/mol. The standard InChI is InChI=1S/C18H17NOS2/c1-20-15-9-14(13-5-3-2-4-6-13)10-17(11-15)22-18-8-7-16(12-19)21-18/h2-11H,12,19H2,1H3. The molecular weight excluding hydrogens is 310 g/mol. The van der Waals surface area contributed by atoms with Gasteiger partial charge in [-0.3, -0.25) is 0 Å². The number of methoxy groups -OCH3 is 1. The quantitative estimate of drug-likeness (QED) is 0.713. The van der Waals surface area contributed by atoms with E-state index in [0.29, 0.717) is 6.54 Å². The molecule has 0 atom stereocenters. The molecule has 3 rings (SSSR count). The summed E-state index contributed by atoms with van der Waals surface area (Å²) >= 11 is 3.49. The van der Waals surface area contributed by atoms with Crippen LogP contribution in [0.4, 0.5) is 0 Å². The molecule has 0 aliphatic heterocycles. The van der Waals surface area contributed by atoms with Crippen molar-refractivity contribution >= 4 is 23.1 Å². The van der Waals surface area contributed by atoms with E-state index in [2.05, 4.69) is 54.6 Å². The number of rotatable bonds is 5. The van der Waals surface area contributed by atoms with Gasteiger partial charge in [0.05, 0.1) is 11.3 Å². The van der Waals surface area contributed by atoms with Gasteiger partial charge < -0.3 is 10.5 Å². The lowest BCUT2D eigenvalue weighted by Crippen LogP contribution is -1.90. The SMILES string of the molecule is COc1cc(Sc2ccc(CN)s2)cc(-c2ccccc2)c1. The number of benzene rings is 2. The van der Waals surface area contributed by atoms with Crippen LogP contribution in [0.5, 0.6) is 5.75 Å². The van der Waals surface area contributed by atoms with Crippen LogP contribution in [0.25, 0.3) is 11.1 Å². The molecule has 0 bridgehead atoms. The Kier molecular flexibility index (Phi) is 4.83. The molecule has 0 saturated carbocycles. The molecule has 1 aromatic heterocycles. The van der Waals surface area contributed by atoms with Crippen molar-refractivity contribution in [1.82, 2.24) is 0 Å². The second kappa shape index (κ2) is 7.01. The van der Waals surface area contributed by atoms with Crippen molar-refractivity contribution in [2.75, 3.05) is 7.11 Å². The van der Waals surface area contributed by atoms with Crippen LogP contribution in [0.3, 0.4) is 0 Å². The van der Waals surface area contributed by atoms with Crippen molar-refractivity contribution in [3.8, 4) is 16.9 Å². The summed E-state index contributed by atoms with van der Waals surface area (Å²) in [7, 11) is 1.70. The van der Waals surface area contributed by atoms with E-state index in [1.54, 1.807) is 30.2 Å². The highest BCUT2D eigenvalue weighted by Crippen LogP contribution is 2.37. The fourth-order valence-corrected chi connectivity index (χ4v) is 4.30. The van der Waals surface area contributed by atoms with Crippen LogP contribution in [0, 0.1) is 0 Å². The van der Waals surface area contributed by atoms with Crippen LogP contribution >= 0.6 is 23.1 Å². The van der Waals surface area contributed by atoms with Crippen molar-refractivity contribution in [1.29, 1.82) is 0 Å². The molecule has 0 aliphatic rings. The van der Waals surface area contributed by atoms with Crippen molar-refractivity contribution in [2.45, 2.75) is 15.6 Å². The molecule has 2 N–H and O–H groups in total. The van der Waals surface area contributed by atoms with E-state index in [0.717, 1.165) is 11.3 Å². The summed E-state index contributed by atoms with van der Waals surface area (Å²) in [5.41, 5.74) is 8.04. The molecule has 0 radical (unpaired) electrons. The summed E-state index contributed by atoms with van der Waals surface area (Å²) < 4.78 is 6.69. The lowest BCUT2D eigenvalue weighted by molar-refractivity contribution is 0.414. The molecule has 4 heteroatoms. The third-order valence-corrected chi connectivity index (χ3v) is 5.49. The van der Waals surface area contributed by atoms with Crippen LogP contribution < -0.4 is 10.5 Å². The topological polar surface area (TPSA) is 35.2 Å². The number of thiophene rings is 1. The van der Waals surface area contributed by atoms with Gasteiger partial charge in [0.15, 0.2) is 0 Å². The van der Waals surface area contributed by atoms with Crippen molar-refractivity contribution in [3.05, 3.63) is 65.5 Å². The Bertz CT molecular complexity index is 753. The third kappa shape index (κ3) is 3.53. The fraction of sp³-hybridized carbons (Fsp3) is 0.111. The number of hydrogen-bond acceptors (Lipinski definition) is 4. The van der Waals surface area contributed by atoms with E-state index in [9.17, 15) is 0 Å². The third-order valence-electron chi connectivity index (χ3n) is 3.28. The molecule has 0 unspecified atom stereocenters. The average molecular weight is 327 g/mol. The number of ether oxygens (including phenoxy) is 1. The number of hydrogen-bond donors (Lipinski definition) is 1. The minimum Gasteiger partial charge on any atom is -0.497 e. The first-order valence-corrected chi connectivity index (χ1v) is 8.63. The number of nitrogens with two attached hydrogens (primary N) is 1. The average Bonchev–Trinajstić information content (AvgIpc) is 3.03. The molecular formula is C18H17NOS2. The summed E-state index contributed by atoms with van der Waals surface area (Å²) in [5.74, 6) is 0.874. The van der Waals surface area contributed by atoms with Gasteiger partial charge in [-0.2, -0.15) is 0 Å². The lowest BCUT2D eigenvalue weighted by atomic mass is 10.1. The molecule has 22 heavy (non-hydrogen) atoms. The maximum atomic E-state index is 5.68. The predicted octanol–water partition coefficient (Wildman–Crippen LogP) is 5.03. The van der Waals surface area contributed by atoms with Gasteiger partial charge in [-0.05, 0) is 41.5 Å². The predicted molar refractivity (Wildman–Crippen MR) is 94.8 cm³/mol. The van der Waals surface area contributed by atoms with Gasteiger partial charge in [-0.1, -0.05) is 42.1 Å². The molecule has 2 aromatic carbocycles. The van der Waals surface area contributed by atoms with E-state index in [1.165, 1.54) is 19.5 Å². The van der Waals surface area contributed by atoms with Gasteiger partial charge in [0.2, 0.25) is 0 Å². The molecule has 0 fully saturated rings. The van der Waals surface area contributed by atoms with E-state index in [-0.39, 0.29) is 0 Å². The van der Waals surface area contributed by atoms with Gasteiger partial charge in [0, 0.05) is 16.3 Å². The normalized spacial score (nSPS) is 10.6. The minimum absolute atomic E-state index is 0.596. The molecule has 0 aliphatic carbocycles. The zero-order valence-corrected chi connectivity index (χ0v) is 13.9. The Morgan fingerprint density at radius 3 is 2.50 bits per heavy atom. The summed E-state index contributed by atoms with van der Waals surface area (Å²) in [6.07, 6.45) is 0. The van der Waals surface area contributed by atoms with Crippen LogP contribution in [-0.4, -0.2) is 7.11 Å². The lowest BCUT2D eigenvalue weighted by Gasteiger charge is -2.08. The molecule has 0 spiro atoms. The smallest absolute Gasteiger partial charge is 0.120 e. The van der Waals surface area contributed by atoms with Crippen LogP contribution in [0.2, 0.25) is 0 Å².